The summed E-state index contributed by atoms with van der Waals surface area (Å²) < 4.78 is 24.9. The number of aryl methyl sites for hydroxylation is 1. The smallest absolute Gasteiger partial charge is 0.181 e. The standard InChI is InChI=1S/C12H14IN3O2S/c1-19(17,18)8-2-7-16-9-14-12(15-16)10-3-5-11(13)6-4-10/h3-6,9H,2,7-8H2,1H3. The third kappa shape index (κ3) is 4.57. The molecular formula is C12H14IN3O2S. The van der Waals surface area contributed by atoms with E-state index >= 15 is 0 Å². The quantitative estimate of drug-likeness (QED) is 0.732. The maximum Gasteiger partial charge on any atom is 0.181 e. The Balaban J connectivity index is 2.01. The summed E-state index contributed by atoms with van der Waals surface area (Å²) in [7, 11) is -2.91. The van der Waals surface area contributed by atoms with Gasteiger partial charge >= 0.3 is 0 Å². The number of aromatic nitrogens is 3. The third-order valence-corrected chi connectivity index (χ3v) is 4.29. The van der Waals surface area contributed by atoms with Crippen molar-refractivity contribution in [2.45, 2.75) is 13.0 Å². The van der Waals surface area contributed by atoms with Gasteiger partial charge in [-0.25, -0.2) is 13.4 Å². The zero-order chi connectivity index (χ0) is 13.9. The second-order valence-corrected chi connectivity index (χ2v) is 7.83. The third-order valence-electron chi connectivity index (χ3n) is 2.54. The SMILES string of the molecule is CS(=O)(=O)CCCn1cnc(-c2ccc(I)cc2)n1. The van der Waals surface area contributed by atoms with Crippen LogP contribution < -0.4 is 0 Å². The lowest BCUT2D eigenvalue weighted by Crippen LogP contribution is -2.07. The summed E-state index contributed by atoms with van der Waals surface area (Å²) in [4.78, 5) is 4.23. The molecule has 0 bridgehead atoms. The predicted octanol–water partition coefficient (Wildman–Crippen LogP) is 1.98. The molecule has 0 spiro atoms. The van der Waals surface area contributed by atoms with Crippen molar-refractivity contribution in [2.75, 3.05) is 12.0 Å². The number of benzene rings is 1. The van der Waals surface area contributed by atoms with Crippen LogP contribution in [0.1, 0.15) is 6.42 Å². The normalized spacial score (nSPS) is 11.7. The lowest BCUT2D eigenvalue weighted by atomic mass is 10.2. The number of hydrogen-bond acceptors (Lipinski definition) is 4. The molecule has 5 nitrogen and oxygen atoms in total. The molecule has 0 fully saturated rings. The topological polar surface area (TPSA) is 64.8 Å². The number of sulfone groups is 1. The van der Waals surface area contributed by atoms with Crippen molar-refractivity contribution < 1.29 is 8.42 Å². The lowest BCUT2D eigenvalue weighted by Gasteiger charge is -1.99. The average molecular weight is 391 g/mol. The van der Waals surface area contributed by atoms with Gasteiger partial charge in [-0.05, 0) is 41.1 Å². The molecular weight excluding hydrogens is 377 g/mol. The Labute approximate surface area is 126 Å². The van der Waals surface area contributed by atoms with Gasteiger partial charge in [0.25, 0.3) is 0 Å². The van der Waals surface area contributed by atoms with Gasteiger partial charge in [0.05, 0.1) is 5.75 Å². The molecule has 0 amide bonds. The van der Waals surface area contributed by atoms with Crippen LogP contribution in [0.4, 0.5) is 0 Å². The van der Waals surface area contributed by atoms with E-state index in [2.05, 4.69) is 32.7 Å². The van der Waals surface area contributed by atoms with Crippen LogP contribution in [0.3, 0.4) is 0 Å². The molecule has 0 atom stereocenters. The fourth-order valence-electron chi connectivity index (χ4n) is 1.62. The zero-order valence-corrected chi connectivity index (χ0v) is 13.4. The van der Waals surface area contributed by atoms with E-state index in [9.17, 15) is 8.42 Å². The maximum atomic E-state index is 11.0. The Kier molecular flexibility index (Phi) is 4.56. The van der Waals surface area contributed by atoms with E-state index in [1.165, 1.54) is 6.26 Å². The molecule has 19 heavy (non-hydrogen) atoms. The molecule has 2 rings (SSSR count). The van der Waals surface area contributed by atoms with Gasteiger partial charge in [-0.1, -0.05) is 12.1 Å². The van der Waals surface area contributed by atoms with E-state index in [1.807, 2.05) is 24.3 Å². The van der Waals surface area contributed by atoms with Gasteiger partial charge in [0, 0.05) is 21.9 Å². The van der Waals surface area contributed by atoms with Gasteiger partial charge in [0.2, 0.25) is 0 Å². The summed E-state index contributed by atoms with van der Waals surface area (Å²) in [5, 5.41) is 4.34. The fraction of sp³-hybridized carbons (Fsp3) is 0.333. The minimum Gasteiger partial charge on any atom is -0.252 e. The van der Waals surface area contributed by atoms with E-state index in [4.69, 9.17) is 0 Å². The summed E-state index contributed by atoms with van der Waals surface area (Å²) in [6, 6.07) is 7.94. The van der Waals surface area contributed by atoms with E-state index in [0.29, 0.717) is 18.8 Å². The first-order valence-electron chi connectivity index (χ1n) is 5.77. The fourth-order valence-corrected chi connectivity index (χ4v) is 2.64. The number of nitrogens with zero attached hydrogens (tertiary/aromatic N) is 3. The van der Waals surface area contributed by atoms with E-state index < -0.39 is 9.84 Å². The Bertz CT molecular complexity index is 650. The molecule has 0 saturated heterocycles. The van der Waals surface area contributed by atoms with Crippen LogP contribution in [0, 0.1) is 3.57 Å². The molecule has 0 N–H and O–H groups in total. The molecule has 102 valence electrons. The Morgan fingerprint density at radius 3 is 2.58 bits per heavy atom. The minimum absolute atomic E-state index is 0.172. The molecule has 0 aliphatic carbocycles. The number of halogens is 1. The summed E-state index contributed by atoms with van der Waals surface area (Å²) in [5.74, 6) is 0.835. The molecule has 7 heteroatoms. The molecule has 0 aliphatic heterocycles. The summed E-state index contributed by atoms with van der Waals surface area (Å²) in [6.45, 7) is 0.560. The molecule has 0 aliphatic rings. The monoisotopic (exact) mass is 391 g/mol. The molecule has 0 unspecified atom stereocenters. The van der Waals surface area contributed by atoms with Crippen molar-refractivity contribution in [3.63, 3.8) is 0 Å². The van der Waals surface area contributed by atoms with Gasteiger partial charge in [-0.2, -0.15) is 5.10 Å². The summed E-state index contributed by atoms with van der Waals surface area (Å²) in [6.07, 6.45) is 3.43. The molecule has 1 heterocycles. The van der Waals surface area contributed by atoms with Crippen LogP contribution in [0.2, 0.25) is 0 Å². The first-order chi connectivity index (χ1) is 8.94. The van der Waals surface area contributed by atoms with Gasteiger partial charge in [-0.15, -0.1) is 0 Å². The molecule has 2 aromatic rings. The second-order valence-electron chi connectivity index (χ2n) is 4.32. The first-order valence-corrected chi connectivity index (χ1v) is 8.91. The van der Waals surface area contributed by atoms with Crippen LogP contribution in [0.25, 0.3) is 11.4 Å². The largest absolute Gasteiger partial charge is 0.252 e. The lowest BCUT2D eigenvalue weighted by molar-refractivity contribution is 0.576. The van der Waals surface area contributed by atoms with Crippen molar-refractivity contribution in [2.24, 2.45) is 0 Å². The number of rotatable bonds is 5. The number of hydrogen-bond donors (Lipinski definition) is 0. The summed E-state index contributed by atoms with van der Waals surface area (Å²) in [5.41, 5.74) is 0.960. The van der Waals surface area contributed by atoms with Crippen LogP contribution in [0.15, 0.2) is 30.6 Å². The van der Waals surface area contributed by atoms with Crippen molar-refractivity contribution in [1.29, 1.82) is 0 Å². The first kappa shape index (κ1) is 14.4. The molecule has 0 saturated carbocycles. The van der Waals surface area contributed by atoms with Crippen LogP contribution >= 0.6 is 22.6 Å². The highest BCUT2D eigenvalue weighted by atomic mass is 127. The van der Waals surface area contributed by atoms with Crippen molar-refractivity contribution in [3.05, 3.63) is 34.2 Å². The van der Waals surface area contributed by atoms with Gasteiger partial charge < -0.3 is 0 Å². The van der Waals surface area contributed by atoms with Crippen molar-refractivity contribution >= 4 is 32.4 Å². The van der Waals surface area contributed by atoms with Gasteiger partial charge in [-0.3, -0.25) is 4.68 Å². The van der Waals surface area contributed by atoms with Gasteiger partial charge in [0.1, 0.15) is 16.2 Å². The van der Waals surface area contributed by atoms with Crippen molar-refractivity contribution in [1.82, 2.24) is 14.8 Å². The Morgan fingerprint density at radius 2 is 1.95 bits per heavy atom. The second kappa shape index (κ2) is 6.00. The zero-order valence-electron chi connectivity index (χ0n) is 10.5. The van der Waals surface area contributed by atoms with E-state index in [-0.39, 0.29) is 5.75 Å². The van der Waals surface area contributed by atoms with Crippen LogP contribution in [0.5, 0.6) is 0 Å². The molecule has 1 aromatic carbocycles. The maximum absolute atomic E-state index is 11.0. The average Bonchev–Trinajstić information content (AvgIpc) is 2.77. The molecule has 0 radical (unpaired) electrons. The highest BCUT2D eigenvalue weighted by Gasteiger charge is 2.06. The van der Waals surface area contributed by atoms with E-state index in [1.54, 1.807) is 11.0 Å². The Morgan fingerprint density at radius 1 is 1.26 bits per heavy atom. The van der Waals surface area contributed by atoms with Crippen LogP contribution in [-0.4, -0.2) is 35.2 Å². The molecule has 1 aromatic heterocycles. The minimum atomic E-state index is -2.91. The highest BCUT2D eigenvalue weighted by Crippen LogP contribution is 2.16. The summed E-state index contributed by atoms with van der Waals surface area (Å²) >= 11 is 2.24. The predicted molar refractivity (Wildman–Crippen MR) is 82.5 cm³/mol. The highest BCUT2D eigenvalue weighted by molar-refractivity contribution is 14.1. The van der Waals surface area contributed by atoms with Crippen LogP contribution in [-0.2, 0) is 16.4 Å². The van der Waals surface area contributed by atoms with Crippen molar-refractivity contribution in [3.8, 4) is 11.4 Å². The van der Waals surface area contributed by atoms with E-state index in [0.717, 1.165) is 9.13 Å². The van der Waals surface area contributed by atoms with Gasteiger partial charge in [0.15, 0.2) is 5.82 Å². The Hall–Kier alpha value is -0.960.